The van der Waals surface area contributed by atoms with Crippen LogP contribution in [-0.4, -0.2) is 25.6 Å². The SMILES string of the molecule is Cc1cc(OCCCC2CCNCC2)ccc1C(N)=O. The normalized spacial score (nSPS) is 16.1. The van der Waals surface area contributed by atoms with E-state index in [9.17, 15) is 4.79 Å². The molecule has 0 atom stereocenters. The second kappa shape index (κ2) is 7.29. The molecule has 3 N–H and O–H groups in total. The highest BCUT2D eigenvalue weighted by atomic mass is 16.5. The summed E-state index contributed by atoms with van der Waals surface area (Å²) in [6.07, 6.45) is 4.89. The van der Waals surface area contributed by atoms with Crippen molar-refractivity contribution in [3.8, 4) is 5.75 Å². The molecule has 4 heteroatoms. The highest BCUT2D eigenvalue weighted by Crippen LogP contribution is 2.20. The lowest BCUT2D eigenvalue weighted by atomic mass is 9.93. The number of primary amides is 1. The lowest BCUT2D eigenvalue weighted by molar-refractivity contribution is 0.0999. The number of nitrogens with two attached hydrogens (primary N) is 1. The first-order valence-electron chi connectivity index (χ1n) is 7.41. The third-order valence-electron chi connectivity index (χ3n) is 3.95. The number of benzene rings is 1. The Balaban J connectivity index is 1.73. The Labute approximate surface area is 120 Å². The van der Waals surface area contributed by atoms with E-state index in [4.69, 9.17) is 10.5 Å². The van der Waals surface area contributed by atoms with Crippen LogP contribution in [0.5, 0.6) is 5.75 Å². The van der Waals surface area contributed by atoms with Crippen LogP contribution in [-0.2, 0) is 0 Å². The second-order valence-electron chi connectivity index (χ2n) is 5.53. The van der Waals surface area contributed by atoms with Crippen LogP contribution in [0.4, 0.5) is 0 Å². The minimum Gasteiger partial charge on any atom is -0.494 e. The van der Waals surface area contributed by atoms with Crippen LogP contribution in [0.3, 0.4) is 0 Å². The van der Waals surface area contributed by atoms with Crippen LogP contribution in [0.25, 0.3) is 0 Å². The van der Waals surface area contributed by atoms with Crippen LogP contribution in [0.1, 0.15) is 41.6 Å². The fraction of sp³-hybridized carbons (Fsp3) is 0.562. The molecule has 1 aromatic carbocycles. The van der Waals surface area contributed by atoms with Gasteiger partial charge in [-0.25, -0.2) is 0 Å². The zero-order valence-corrected chi connectivity index (χ0v) is 12.2. The summed E-state index contributed by atoms with van der Waals surface area (Å²) in [6, 6.07) is 5.43. The molecule has 0 radical (unpaired) electrons. The number of aryl methyl sites for hydroxylation is 1. The van der Waals surface area contributed by atoms with E-state index in [0.29, 0.717) is 5.56 Å². The molecule has 0 spiro atoms. The van der Waals surface area contributed by atoms with Gasteiger partial charge in [0, 0.05) is 5.56 Å². The predicted octanol–water partition coefficient (Wildman–Crippen LogP) is 2.25. The fourth-order valence-electron chi connectivity index (χ4n) is 2.73. The van der Waals surface area contributed by atoms with Crippen molar-refractivity contribution in [3.05, 3.63) is 29.3 Å². The lowest BCUT2D eigenvalue weighted by Gasteiger charge is -2.22. The van der Waals surface area contributed by atoms with Gasteiger partial charge in [0.25, 0.3) is 0 Å². The molecule has 0 saturated carbocycles. The van der Waals surface area contributed by atoms with E-state index in [1.807, 2.05) is 19.1 Å². The maximum absolute atomic E-state index is 11.1. The zero-order chi connectivity index (χ0) is 14.4. The van der Waals surface area contributed by atoms with Gasteiger partial charge < -0.3 is 15.8 Å². The number of carbonyl (C=O) groups excluding carboxylic acids is 1. The van der Waals surface area contributed by atoms with E-state index in [0.717, 1.165) is 43.3 Å². The molecule has 2 rings (SSSR count). The summed E-state index contributed by atoms with van der Waals surface area (Å²) in [4.78, 5) is 11.1. The molecule has 1 aliphatic heterocycles. The fourth-order valence-corrected chi connectivity index (χ4v) is 2.73. The number of hydrogen-bond acceptors (Lipinski definition) is 3. The van der Waals surface area contributed by atoms with Gasteiger partial charge in [0.05, 0.1) is 6.61 Å². The van der Waals surface area contributed by atoms with Gasteiger partial charge in [-0.05, 0) is 75.4 Å². The van der Waals surface area contributed by atoms with Crippen LogP contribution < -0.4 is 15.8 Å². The quantitative estimate of drug-likeness (QED) is 0.783. The minimum absolute atomic E-state index is 0.389. The first-order chi connectivity index (χ1) is 9.66. The molecule has 0 aliphatic carbocycles. The van der Waals surface area contributed by atoms with Crippen molar-refractivity contribution in [1.82, 2.24) is 5.32 Å². The minimum atomic E-state index is -0.389. The van der Waals surface area contributed by atoms with Gasteiger partial charge in [0.15, 0.2) is 0 Å². The summed E-state index contributed by atoms with van der Waals surface area (Å²) in [7, 11) is 0. The molecule has 1 saturated heterocycles. The number of carbonyl (C=O) groups is 1. The number of rotatable bonds is 6. The molecule has 1 heterocycles. The topological polar surface area (TPSA) is 64.3 Å². The number of ether oxygens (including phenoxy) is 1. The van der Waals surface area contributed by atoms with E-state index in [1.165, 1.54) is 19.3 Å². The number of piperidine rings is 1. The van der Waals surface area contributed by atoms with E-state index in [1.54, 1.807) is 6.07 Å². The lowest BCUT2D eigenvalue weighted by Crippen LogP contribution is -2.27. The van der Waals surface area contributed by atoms with Crippen LogP contribution in [0.2, 0.25) is 0 Å². The average molecular weight is 276 g/mol. The third kappa shape index (κ3) is 4.23. The predicted molar refractivity (Wildman–Crippen MR) is 80.0 cm³/mol. The van der Waals surface area contributed by atoms with Crippen LogP contribution in [0.15, 0.2) is 18.2 Å². The third-order valence-corrected chi connectivity index (χ3v) is 3.95. The number of nitrogens with one attached hydrogen (secondary N) is 1. The zero-order valence-electron chi connectivity index (χ0n) is 12.2. The monoisotopic (exact) mass is 276 g/mol. The van der Waals surface area contributed by atoms with Crippen molar-refractivity contribution in [2.45, 2.75) is 32.6 Å². The summed E-state index contributed by atoms with van der Waals surface area (Å²) in [5, 5.41) is 3.38. The van der Waals surface area contributed by atoms with Gasteiger partial charge in [0.2, 0.25) is 5.91 Å². The number of hydrogen-bond donors (Lipinski definition) is 2. The highest BCUT2D eigenvalue weighted by molar-refractivity contribution is 5.94. The van der Waals surface area contributed by atoms with Crippen molar-refractivity contribution >= 4 is 5.91 Å². The van der Waals surface area contributed by atoms with E-state index < -0.39 is 0 Å². The largest absolute Gasteiger partial charge is 0.494 e. The Bertz CT molecular complexity index is 454. The summed E-state index contributed by atoms with van der Waals surface area (Å²) >= 11 is 0. The van der Waals surface area contributed by atoms with Gasteiger partial charge in [-0.15, -0.1) is 0 Å². The highest BCUT2D eigenvalue weighted by Gasteiger charge is 2.12. The molecule has 1 amide bonds. The van der Waals surface area contributed by atoms with E-state index in [-0.39, 0.29) is 5.91 Å². The molecule has 1 aliphatic rings. The molecule has 20 heavy (non-hydrogen) atoms. The summed E-state index contributed by atoms with van der Waals surface area (Å²) in [5.74, 6) is 1.27. The van der Waals surface area contributed by atoms with Crippen LogP contribution in [0, 0.1) is 12.8 Å². The molecule has 1 aromatic rings. The maximum Gasteiger partial charge on any atom is 0.248 e. The smallest absolute Gasteiger partial charge is 0.248 e. The Hall–Kier alpha value is -1.55. The van der Waals surface area contributed by atoms with Gasteiger partial charge >= 0.3 is 0 Å². The first-order valence-corrected chi connectivity index (χ1v) is 7.41. The standard InChI is InChI=1S/C16H24N2O2/c1-12-11-14(4-5-15(12)16(17)19)20-10-2-3-13-6-8-18-9-7-13/h4-5,11,13,18H,2-3,6-10H2,1H3,(H2,17,19). The van der Waals surface area contributed by atoms with Crippen molar-refractivity contribution < 1.29 is 9.53 Å². The van der Waals surface area contributed by atoms with Crippen LogP contribution >= 0.6 is 0 Å². The first kappa shape index (κ1) is 14.9. The van der Waals surface area contributed by atoms with Crippen molar-refractivity contribution in [3.63, 3.8) is 0 Å². The number of amides is 1. The summed E-state index contributed by atoms with van der Waals surface area (Å²) in [6.45, 7) is 4.92. The van der Waals surface area contributed by atoms with Crippen molar-refractivity contribution in [2.75, 3.05) is 19.7 Å². The van der Waals surface area contributed by atoms with E-state index in [2.05, 4.69) is 5.32 Å². The average Bonchev–Trinajstić information content (AvgIpc) is 2.44. The molecule has 110 valence electrons. The summed E-state index contributed by atoms with van der Waals surface area (Å²) in [5.41, 5.74) is 6.71. The molecule has 0 unspecified atom stereocenters. The van der Waals surface area contributed by atoms with Crippen molar-refractivity contribution in [1.29, 1.82) is 0 Å². The second-order valence-corrected chi connectivity index (χ2v) is 5.53. The van der Waals surface area contributed by atoms with E-state index >= 15 is 0 Å². The Kier molecular flexibility index (Phi) is 5.41. The Morgan fingerprint density at radius 3 is 2.80 bits per heavy atom. The molecular weight excluding hydrogens is 252 g/mol. The van der Waals surface area contributed by atoms with Gasteiger partial charge in [0.1, 0.15) is 5.75 Å². The molecular formula is C16H24N2O2. The summed E-state index contributed by atoms with van der Waals surface area (Å²) < 4.78 is 5.74. The van der Waals surface area contributed by atoms with Gasteiger partial charge in [-0.2, -0.15) is 0 Å². The maximum atomic E-state index is 11.1. The molecule has 4 nitrogen and oxygen atoms in total. The molecule has 0 aromatic heterocycles. The van der Waals surface area contributed by atoms with Gasteiger partial charge in [-0.1, -0.05) is 0 Å². The Morgan fingerprint density at radius 2 is 2.15 bits per heavy atom. The van der Waals surface area contributed by atoms with Crippen molar-refractivity contribution in [2.24, 2.45) is 11.7 Å². The molecule has 1 fully saturated rings. The molecule has 0 bridgehead atoms. The van der Waals surface area contributed by atoms with Gasteiger partial charge in [-0.3, -0.25) is 4.79 Å². The Morgan fingerprint density at radius 1 is 1.40 bits per heavy atom.